The third-order valence-electron chi connectivity index (χ3n) is 2.64. The van der Waals surface area contributed by atoms with Crippen molar-refractivity contribution in [1.82, 2.24) is 0 Å². The molecule has 2 rings (SSSR count). The molecule has 3 nitrogen and oxygen atoms in total. The highest BCUT2D eigenvalue weighted by molar-refractivity contribution is 5.78. The third-order valence-corrected chi connectivity index (χ3v) is 2.64. The maximum atomic E-state index is 10.3. The van der Waals surface area contributed by atoms with Gasteiger partial charge >= 0.3 is 0 Å². The first-order chi connectivity index (χ1) is 7.92. The van der Waals surface area contributed by atoms with Crippen molar-refractivity contribution >= 4 is 18.0 Å². The van der Waals surface area contributed by atoms with E-state index in [0.717, 1.165) is 38.2 Å². The lowest BCUT2D eigenvalue weighted by atomic mass is 10.1. The van der Waals surface area contributed by atoms with Gasteiger partial charge < -0.3 is 9.64 Å². The van der Waals surface area contributed by atoms with Crippen LogP contribution in [0.25, 0.3) is 6.08 Å². The summed E-state index contributed by atoms with van der Waals surface area (Å²) in [5, 5.41) is 0. The van der Waals surface area contributed by atoms with Gasteiger partial charge in [0.05, 0.1) is 13.2 Å². The molecule has 1 saturated heterocycles. The van der Waals surface area contributed by atoms with Crippen LogP contribution in [0.2, 0.25) is 0 Å². The van der Waals surface area contributed by atoms with Crippen LogP contribution in [0.5, 0.6) is 0 Å². The Kier molecular flexibility index (Phi) is 3.72. The maximum Gasteiger partial charge on any atom is 0.142 e. The predicted molar refractivity (Wildman–Crippen MR) is 64.6 cm³/mol. The van der Waals surface area contributed by atoms with Gasteiger partial charge in [-0.25, -0.2) is 0 Å². The summed E-state index contributed by atoms with van der Waals surface area (Å²) in [7, 11) is 0. The van der Waals surface area contributed by atoms with Gasteiger partial charge in [0, 0.05) is 18.8 Å². The highest BCUT2D eigenvalue weighted by atomic mass is 16.5. The second-order valence-corrected chi connectivity index (χ2v) is 3.65. The first-order valence-electron chi connectivity index (χ1n) is 5.45. The number of hydrogen-bond acceptors (Lipinski definition) is 3. The van der Waals surface area contributed by atoms with E-state index in [9.17, 15) is 4.79 Å². The van der Waals surface area contributed by atoms with Gasteiger partial charge in [-0.1, -0.05) is 18.2 Å². The molecule has 0 aromatic heterocycles. The van der Waals surface area contributed by atoms with Gasteiger partial charge in [0.15, 0.2) is 0 Å². The molecule has 1 aliphatic rings. The van der Waals surface area contributed by atoms with E-state index in [1.54, 1.807) is 0 Å². The summed E-state index contributed by atoms with van der Waals surface area (Å²) in [4.78, 5) is 12.6. The summed E-state index contributed by atoms with van der Waals surface area (Å²) in [6.07, 6.45) is 4.17. The number of hydrogen-bond donors (Lipinski definition) is 0. The van der Waals surface area contributed by atoms with Gasteiger partial charge in [0.25, 0.3) is 0 Å². The number of nitrogens with zero attached hydrogens (tertiary/aromatic N) is 1. The molecule has 0 N–H and O–H groups in total. The van der Waals surface area contributed by atoms with Crippen LogP contribution in [0.3, 0.4) is 0 Å². The van der Waals surface area contributed by atoms with Crippen LogP contribution in [0, 0.1) is 0 Å². The van der Waals surface area contributed by atoms with Crippen LogP contribution in [0.4, 0.5) is 5.69 Å². The van der Waals surface area contributed by atoms with Crippen molar-refractivity contribution < 1.29 is 9.53 Å². The second-order valence-electron chi connectivity index (χ2n) is 3.65. The topological polar surface area (TPSA) is 29.5 Å². The average Bonchev–Trinajstić information content (AvgIpc) is 2.38. The number of ether oxygens (including phenoxy) is 1. The molecule has 0 spiro atoms. The van der Waals surface area contributed by atoms with Gasteiger partial charge in [-0.3, -0.25) is 4.79 Å². The van der Waals surface area contributed by atoms with E-state index in [2.05, 4.69) is 11.0 Å². The molecule has 3 heteroatoms. The molecule has 0 bridgehead atoms. The van der Waals surface area contributed by atoms with Crippen LogP contribution in [0.15, 0.2) is 30.3 Å². The van der Waals surface area contributed by atoms with Gasteiger partial charge in [-0.2, -0.15) is 0 Å². The number of morpholine rings is 1. The Morgan fingerprint density at radius 1 is 1.19 bits per heavy atom. The molecule has 84 valence electrons. The van der Waals surface area contributed by atoms with Gasteiger partial charge in [0.1, 0.15) is 6.29 Å². The quantitative estimate of drug-likeness (QED) is 0.570. The minimum Gasteiger partial charge on any atom is -0.378 e. The van der Waals surface area contributed by atoms with Crippen molar-refractivity contribution in [2.75, 3.05) is 31.2 Å². The largest absolute Gasteiger partial charge is 0.378 e. The summed E-state index contributed by atoms with van der Waals surface area (Å²) in [5.74, 6) is 0. The molecule has 0 amide bonds. The van der Waals surface area contributed by atoms with E-state index in [-0.39, 0.29) is 0 Å². The van der Waals surface area contributed by atoms with Crippen molar-refractivity contribution in [2.45, 2.75) is 0 Å². The Morgan fingerprint density at radius 2 is 1.94 bits per heavy atom. The Bertz CT molecular complexity index is 381. The monoisotopic (exact) mass is 217 g/mol. The summed E-state index contributed by atoms with van der Waals surface area (Å²) in [5.41, 5.74) is 2.25. The molecule has 16 heavy (non-hydrogen) atoms. The molecule has 1 aliphatic heterocycles. The lowest BCUT2D eigenvalue weighted by molar-refractivity contribution is -0.104. The van der Waals surface area contributed by atoms with Crippen LogP contribution >= 0.6 is 0 Å². The number of carbonyl (C=O) groups is 1. The molecular weight excluding hydrogens is 202 g/mol. The Labute approximate surface area is 95.3 Å². The lowest BCUT2D eigenvalue weighted by Gasteiger charge is -2.30. The molecule has 0 saturated carbocycles. The van der Waals surface area contributed by atoms with E-state index < -0.39 is 0 Å². The van der Waals surface area contributed by atoms with E-state index in [0.29, 0.717) is 0 Å². The number of para-hydroxylation sites is 1. The molecule has 0 atom stereocenters. The van der Waals surface area contributed by atoms with E-state index in [4.69, 9.17) is 4.74 Å². The molecular formula is C13H15NO2. The molecule has 1 aromatic rings. The number of aldehydes is 1. The van der Waals surface area contributed by atoms with Crippen molar-refractivity contribution in [2.24, 2.45) is 0 Å². The molecule has 0 aliphatic carbocycles. The zero-order chi connectivity index (χ0) is 11.2. The van der Waals surface area contributed by atoms with Crippen molar-refractivity contribution in [3.63, 3.8) is 0 Å². The Balaban J connectivity index is 2.24. The van der Waals surface area contributed by atoms with Gasteiger partial charge in [-0.05, 0) is 23.8 Å². The fraction of sp³-hybridized carbons (Fsp3) is 0.308. The maximum absolute atomic E-state index is 10.3. The standard InChI is InChI=1S/C13H15NO2/c15-9-3-5-12-4-1-2-6-13(12)14-7-10-16-11-8-14/h1-6,9H,7-8,10-11H2. The van der Waals surface area contributed by atoms with Crippen molar-refractivity contribution in [1.29, 1.82) is 0 Å². The van der Waals surface area contributed by atoms with Crippen LogP contribution in [-0.4, -0.2) is 32.6 Å². The van der Waals surface area contributed by atoms with E-state index >= 15 is 0 Å². The molecule has 0 unspecified atom stereocenters. The van der Waals surface area contributed by atoms with Crippen LogP contribution in [-0.2, 0) is 9.53 Å². The Morgan fingerprint density at radius 3 is 2.69 bits per heavy atom. The van der Waals surface area contributed by atoms with Gasteiger partial charge in [0.2, 0.25) is 0 Å². The van der Waals surface area contributed by atoms with E-state index in [1.807, 2.05) is 24.3 Å². The zero-order valence-corrected chi connectivity index (χ0v) is 9.13. The highest BCUT2D eigenvalue weighted by Crippen LogP contribution is 2.22. The van der Waals surface area contributed by atoms with Gasteiger partial charge in [-0.15, -0.1) is 0 Å². The van der Waals surface area contributed by atoms with Crippen molar-refractivity contribution in [3.8, 4) is 0 Å². The second kappa shape index (κ2) is 5.47. The fourth-order valence-electron chi connectivity index (χ4n) is 1.86. The molecule has 1 heterocycles. The predicted octanol–water partition coefficient (Wildman–Crippen LogP) is 1.74. The normalized spacial score (nSPS) is 16.6. The Hall–Kier alpha value is -1.61. The number of carbonyl (C=O) groups excluding carboxylic acids is 1. The van der Waals surface area contributed by atoms with Crippen molar-refractivity contribution in [3.05, 3.63) is 35.9 Å². The number of anilines is 1. The van der Waals surface area contributed by atoms with Crippen LogP contribution < -0.4 is 4.90 Å². The smallest absolute Gasteiger partial charge is 0.142 e. The zero-order valence-electron chi connectivity index (χ0n) is 9.13. The minimum absolute atomic E-state index is 0.770. The first kappa shape index (κ1) is 10.9. The number of allylic oxidation sites excluding steroid dienone is 1. The summed E-state index contributed by atoms with van der Waals surface area (Å²) in [6.45, 7) is 3.36. The summed E-state index contributed by atoms with van der Waals surface area (Å²) in [6, 6.07) is 8.10. The minimum atomic E-state index is 0.770. The molecule has 0 radical (unpaired) electrons. The van der Waals surface area contributed by atoms with Crippen LogP contribution in [0.1, 0.15) is 5.56 Å². The first-order valence-corrected chi connectivity index (χ1v) is 5.45. The SMILES string of the molecule is O=CC=Cc1ccccc1N1CCOCC1. The number of rotatable bonds is 3. The third kappa shape index (κ3) is 2.49. The molecule has 1 aromatic carbocycles. The summed E-state index contributed by atoms with van der Waals surface area (Å²) >= 11 is 0. The van der Waals surface area contributed by atoms with E-state index in [1.165, 1.54) is 11.8 Å². The summed E-state index contributed by atoms with van der Waals surface area (Å²) < 4.78 is 5.33. The fourth-order valence-corrected chi connectivity index (χ4v) is 1.86. The average molecular weight is 217 g/mol. The molecule has 1 fully saturated rings. The lowest BCUT2D eigenvalue weighted by Crippen LogP contribution is -2.36. The number of benzene rings is 1. The highest BCUT2D eigenvalue weighted by Gasteiger charge is 2.12.